The van der Waals surface area contributed by atoms with Crippen molar-refractivity contribution in [1.82, 2.24) is 10.1 Å². The number of hydrogen-bond acceptors (Lipinski definition) is 4. The Morgan fingerprint density at radius 2 is 2.16 bits per heavy atom. The molecule has 98 valence electrons. The summed E-state index contributed by atoms with van der Waals surface area (Å²) < 4.78 is 10.7. The first-order valence-electron chi connectivity index (χ1n) is 6.62. The zero-order chi connectivity index (χ0) is 12.9. The van der Waals surface area contributed by atoms with Gasteiger partial charge in [-0.25, -0.2) is 0 Å². The van der Waals surface area contributed by atoms with Gasteiger partial charge in [-0.15, -0.1) is 5.73 Å². The fourth-order valence-electron chi connectivity index (χ4n) is 2.26. The summed E-state index contributed by atoms with van der Waals surface area (Å²) in [6.07, 6.45) is 12.5. The lowest BCUT2D eigenvalue weighted by Gasteiger charge is -2.19. The normalized spacial score (nSPS) is 19.5. The second-order valence-electron chi connectivity index (χ2n) is 4.75. The van der Waals surface area contributed by atoms with Gasteiger partial charge in [0.15, 0.2) is 0 Å². The first-order chi connectivity index (χ1) is 9.42. The van der Waals surface area contributed by atoms with Gasteiger partial charge >= 0.3 is 0 Å². The van der Waals surface area contributed by atoms with Crippen molar-refractivity contribution < 1.29 is 9.26 Å². The first kappa shape index (κ1) is 12.2. The minimum absolute atomic E-state index is 0.599. The average molecular weight is 256 g/mol. The van der Waals surface area contributed by atoms with E-state index >= 15 is 0 Å². The van der Waals surface area contributed by atoms with Gasteiger partial charge in [0.2, 0.25) is 11.7 Å². The molecular weight excluding hydrogens is 240 g/mol. The zero-order valence-electron chi connectivity index (χ0n) is 10.7. The predicted molar refractivity (Wildman–Crippen MR) is 71.3 cm³/mol. The molecule has 0 amide bonds. The molecule has 0 saturated carbocycles. The summed E-state index contributed by atoms with van der Waals surface area (Å²) in [6, 6.07) is 0. The van der Waals surface area contributed by atoms with Gasteiger partial charge in [-0.2, -0.15) is 4.98 Å². The molecule has 0 aromatic carbocycles. The molecule has 2 heterocycles. The van der Waals surface area contributed by atoms with Gasteiger partial charge in [0.25, 0.3) is 0 Å². The minimum atomic E-state index is 0.599. The summed E-state index contributed by atoms with van der Waals surface area (Å²) in [5.41, 5.74) is 3.95. The Kier molecular flexibility index (Phi) is 3.73. The third-order valence-corrected chi connectivity index (χ3v) is 3.36. The van der Waals surface area contributed by atoms with E-state index in [4.69, 9.17) is 9.26 Å². The van der Waals surface area contributed by atoms with Crippen LogP contribution in [0, 0.1) is 5.92 Å². The molecule has 19 heavy (non-hydrogen) atoms. The van der Waals surface area contributed by atoms with Crippen LogP contribution < -0.4 is 0 Å². The van der Waals surface area contributed by atoms with E-state index in [0.717, 1.165) is 43.9 Å². The van der Waals surface area contributed by atoms with Crippen LogP contribution in [-0.2, 0) is 11.2 Å². The molecule has 0 unspecified atom stereocenters. The predicted octanol–water partition coefficient (Wildman–Crippen LogP) is 2.70. The lowest BCUT2D eigenvalue weighted by Crippen LogP contribution is -2.17. The summed E-state index contributed by atoms with van der Waals surface area (Å²) in [5.74, 6) is 1.96. The molecule has 1 aliphatic heterocycles. The third-order valence-electron chi connectivity index (χ3n) is 3.36. The van der Waals surface area contributed by atoms with Crippen LogP contribution in [0.1, 0.15) is 24.6 Å². The summed E-state index contributed by atoms with van der Waals surface area (Å²) in [4.78, 5) is 4.47. The van der Waals surface area contributed by atoms with Crippen molar-refractivity contribution in [2.24, 2.45) is 5.92 Å². The summed E-state index contributed by atoms with van der Waals surface area (Å²) in [5, 5.41) is 4.05. The van der Waals surface area contributed by atoms with Crippen molar-refractivity contribution in [3.8, 4) is 0 Å². The standard InChI is InChI=1S/C15H16N2O2/c1-2-4-6-13(5-3-1)15-16-14(19-17-15)11-12-7-9-18-10-8-12/h1,3-6,12H,7-11H2. The summed E-state index contributed by atoms with van der Waals surface area (Å²) >= 11 is 0. The Labute approximate surface area is 112 Å². The molecule has 0 spiro atoms. The number of allylic oxidation sites excluding steroid dienone is 5. The number of rotatable bonds is 3. The molecule has 0 bridgehead atoms. The van der Waals surface area contributed by atoms with Crippen molar-refractivity contribution in [1.29, 1.82) is 0 Å². The van der Waals surface area contributed by atoms with E-state index in [-0.39, 0.29) is 0 Å². The van der Waals surface area contributed by atoms with E-state index in [1.807, 2.05) is 30.4 Å². The van der Waals surface area contributed by atoms with Gasteiger partial charge in [-0.05, 0) is 37.0 Å². The maximum atomic E-state index is 5.35. The molecule has 1 fully saturated rings. The Morgan fingerprint density at radius 3 is 3.05 bits per heavy atom. The van der Waals surface area contributed by atoms with Crippen molar-refractivity contribution >= 4 is 5.57 Å². The van der Waals surface area contributed by atoms with Crippen LogP contribution in [0.2, 0.25) is 0 Å². The molecule has 2 aliphatic rings. The van der Waals surface area contributed by atoms with Crippen LogP contribution in [0.4, 0.5) is 0 Å². The van der Waals surface area contributed by atoms with Crippen LogP contribution in [0.15, 0.2) is 40.6 Å². The van der Waals surface area contributed by atoms with Gasteiger partial charge in [0, 0.05) is 25.2 Å². The second kappa shape index (κ2) is 5.83. The van der Waals surface area contributed by atoms with E-state index in [1.165, 1.54) is 0 Å². The molecular formula is C15H16N2O2. The lowest BCUT2D eigenvalue weighted by atomic mass is 9.97. The Balaban J connectivity index is 1.69. The van der Waals surface area contributed by atoms with Crippen LogP contribution in [0.25, 0.3) is 5.57 Å². The maximum Gasteiger partial charge on any atom is 0.227 e. The number of nitrogens with zero attached hydrogens (tertiary/aromatic N) is 2. The monoisotopic (exact) mass is 256 g/mol. The second-order valence-corrected chi connectivity index (χ2v) is 4.75. The van der Waals surface area contributed by atoms with E-state index in [2.05, 4.69) is 15.9 Å². The highest BCUT2D eigenvalue weighted by Crippen LogP contribution is 2.21. The maximum absolute atomic E-state index is 5.35. The highest BCUT2D eigenvalue weighted by atomic mass is 16.5. The molecule has 1 aliphatic carbocycles. The van der Waals surface area contributed by atoms with Gasteiger partial charge in [-0.1, -0.05) is 17.3 Å². The highest BCUT2D eigenvalue weighted by molar-refractivity contribution is 5.71. The fraction of sp³-hybridized carbons (Fsp3) is 0.400. The third kappa shape index (κ3) is 3.11. The summed E-state index contributed by atoms with van der Waals surface area (Å²) in [6.45, 7) is 1.69. The van der Waals surface area contributed by atoms with E-state index in [9.17, 15) is 0 Å². The summed E-state index contributed by atoms with van der Waals surface area (Å²) in [7, 11) is 0. The van der Waals surface area contributed by atoms with Gasteiger partial charge in [-0.3, -0.25) is 0 Å². The van der Waals surface area contributed by atoms with Crippen molar-refractivity contribution in [3.63, 3.8) is 0 Å². The van der Waals surface area contributed by atoms with Crippen LogP contribution in [0.3, 0.4) is 0 Å². The van der Waals surface area contributed by atoms with Crippen LogP contribution in [0.5, 0.6) is 0 Å². The smallest absolute Gasteiger partial charge is 0.227 e. The first-order valence-corrected chi connectivity index (χ1v) is 6.62. The Morgan fingerprint density at radius 1 is 1.26 bits per heavy atom. The number of ether oxygens (including phenoxy) is 1. The topological polar surface area (TPSA) is 48.2 Å². The molecule has 4 nitrogen and oxygen atoms in total. The van der Waals surface area contributed by atoms with Crippen LogP contribution >= 0.6 is 0 Å². The van der Waals surface area contributed by atoms with Crippen molar-refractivity contribution in [2.75, 3.05) is 13.2 Å². The molecule has 1 aromatic heterocycles. The van der Waals surface area contributed by atoms with Gasteiger partial charge in [0.1, 0.15) is 0 Å². The molecule has 0 radical (unpaired) electrons. The van der Waals surface area contributed by atoms with E-state index in [0.29, 0.717) is 11.7 Å². The number of hydrogen-bond donors (Lipinski definition) is 0. The quantitative estimate of drug-likeness (QED) is 0.780. The molecule has 3 rings (SSSR count). The molecule has 0 atom stereocenters. The SMILES string of the molecule is C1=CC=CC(c2noc(CC3CCOCC3)n2)=CC=1. The fourth-order valence-corrected chi connectivity index (χ4v) is 2.26. The van der Waals surface area contributed by atoms with E-state index < -0.39 is 0 Å². The highest BCUT2D eigenvalue weighted by Gasteiger charge is 2.18. The Hall–Kier alpha value is -1.90. The molecule has 1 saturated heterocycles. The largest absolute Gasteiger partial charge is 0.381 e. The van der Waals surface area contributed by atoms with Crippen molar-refractivity contribution in [2.45, 2.75) is 19.3 Å². The lowest BCUT2D eigenvalue weighted by molar-refractivity contribution is 0.0642. The molecule has 1 aromatic rings. The number of aromatic nitrogens is 2. The Bertz CT molecular complexity index is 556. The molecule has 4 heteroatoms. The van der Waals surface area contributed by atoms with Crippen LogP contribution in [-0.4, -0.2) is 23.4 Å². The zero-order valence-corrected chi connectivity index (χ0v) is 10.7. The van der Waals surface area contributed by atoms with Gasteiger partial charge in [0.05, 0.1) is 0 Å². The van der Waals surface area contributed by atoms with E-state index in [1.54, 1.807) is 0 Å². The minimum Gasteiger partial charge on any atom is -0.381 e. The van der Waals surface area contributed by atoms with Crippen molar-refractivity contribution in [3.05, 3.63) is 47.8 Å². The van der Waals surface area contributed by atoms with Gasteiger partial charge < -0.3 is 9.26 Å². The average Bonchev–Trinajstić information content (AvgIpc) is 2.74. The molecule has 0 N–H and O–H groups in total.